The first kappa shape index (κ1) is 15.6. The van der Waals surface area contributed by atoms with Crippen LogP contribution in [0, 0.1) is 5.92 Å². The van der Waals surface area contributed by atoms with E-state index in [1.54, 1.807) is 10.7 Å². The SMILES string of the molecule is Cn1cc([C@H]2C[C@@H]2C(=O)Nc2cc(C(C)(C)C)ccc2O)cn1. The molecule has 23 heavy (non-hydrogen) atoms. The van der Waals surface area contributed by atoms with Crippen LogP contribution in [-0.4, -0.2) is 20.8 Å². The maximum absolute atomic E-state index is 12.4. The molecule has 2 atom stereocenters. The lowest BCUT2D eigenvalue weighted by atomic mass is 9.87. The summed E-state index contributed by atoms with van der Waals surface area (Å²) in [6.07, 6.45) is 4.60. The van der Waals surface area contributed by atoms with Gasteiger partial charge in [-0.05, 0) is 41.0 Å². The molecular weight excluding hydrogens is 290 g/mol. The summed E-state index contributed by atoms with van der Waals surface area (Å²) in [4.78, 5) is 12.4. The van der Waals surface area contributed by atoms with E-state index in [4.69, 9.17) is 0 Å². The van der Waals surface area contributed by atoms with Crippen LogP contribution < -0.4 is 5.32 Å². The first-order valence-corrected chi connectivity index (χ1v) is 7.88. The molecule has 3 rings (SSSR count). The number of phenolic OH excluding ortho intramolecular Hbond substituents is 1. The Labute approximate surface area is 136 Å². The number of rotatable bonds is 3. The van der Waals surface area contributed by atoms with Crippen molar-refractivity contribution in [2.75, 3.05) is 5.32 Å². The molecule has 1 fully saturated rings. The minimum atomic E-state index is -0.0445. The van der Waals surface area contributed by atoms with Crippen LogP contribution in [0.15, 0.2) is 30.6 Å². The van der Waals surface area contributed by atoms with Gasteiger partial charge < -0.3 is 10.4 Å². The Morgan fingerprint density at radius 1 is 1.39 bits per heavy atom. The highest BCUT2D eigenvalue weighted by Crippen LogP contribution is 2.48. The third-order valence-corrected chi connectivity index (χ3v) is 4.40. The molecule has 5 nitrogen and oxygen atoms in total. The van der Waals surface area contributed by atoms with E-state index in [0.717, 1.165) is 17.5 Å². The second-order valence-electron chi connectivity index (χ2n) is 7.37. The summed E-state index contributed by atoms with van der Waals surface area (Å²) in [5, 5.41) is 17.0. The number of amides is 1. The van der Waals surface area contributed by atoms with Gasteiger partial charge in [0.2, 0.25) is 5.91 Å². The smallest absolute Gasteiger partial charge is 0.228 e. The van der Waals surface area contributed by atoms with E-state index < -0.39 is 0 Å². The number of aromatic hydroxyl groups is 1. The van der Waals surface area contributed by atoms with Gasteiger partial charge in [0.15, 0.2) is 0 Å². The Morgan fingerprint density at radius 2 is 2.13 bits per heavy atom. The molecule has 0 unspecified atom stereocenters. The lowest BCUT2D eigenvalue weighted by molar-refractivity contribution is -0.117. The van der Waals surface area contributed by atoms with Gasteiger partial charge in [-0.2, -0.15) is 5.10 Å². The van der Waals surface area contributed by atoms with Crippen LogP contribution in [0.3, 0.4) is 0 Å². The minimum Gasteiger partial charge on any atom is -0.506 e. The molecule has 122 valence electrons. The molecule has 2 N–H and O–H groups in total. The maximum atomic E-state index is 12.4. The summed E-state index contributed by atoms with van der Waals surface area (Å²) in [6.45, 7) is 6.30. The fourth-order valence-corrected chi connectivity index (χ4v) is 2.81. The number of phenols is 1. The Bertz CT molecular complexity index is 743. The highest BCUT2D eigenvalue weighted by Gasteiger charge is 2.44. The molecule has 1 aromatic heterocycles. The Hall–Kier alpha value is -2.30. The van der Waals surface area contributed by atoms with Crippen molar-refractivity contribution in [3.05, 3.63) is 41.7 Å². The van der Waals surface area contributed by atoms with Gasteiger partial charge in [-0.15, -0.1) is 0 Å². The number of benzene rings is 1. The zero-order chi connectivity index (χ0) is 16.8. The van der Waals surface area contributed by atoms with Crippen LogP contribution in [0.2, 0.25) is 0 Å². The highest BCUT2D eigenvalue weighted by atomic mass is 16.3. The van der Waals surface area contributed by atoms with Gasteiger partial charge in [0, 0.05) is 19.2 Å². The Morgan fingerprint density at radius 3 is 2.74 bits per heavy atom. The van der Waals surface area contributed by atoms with Crippen molar-refractivity contribution in [3.63, 3.8) is 0 Å². The number of carbonyl (C=O) groups is 1. The molecule has 1 aliphatic carbocycles. The van der Waals surface area contributed by atoms with E-state index >= 15 is 0 Å². The second kappa shape index (κ2) is 5.41. The summed E-state index contributed by atoms with van der Waals surface area (Å²) >= 11 is 0. The summed E-state index contributed by atoms with van der Waals surface area (Å²) in [5.74, 6) is 0.249. The van der Waals surface area contributed by atoms with Gasteiger partial charge in [-0.1, -0.05) is 26.8 Å². The number of hydrogen-bond acceptors (Lipinski definition) is 3. The van der Waals surface area contributed by atoms with E-state index in [9.17, 15) is 9.90 Å². The maximum Gasteiger partial charge on any atom is 0.228 e. The van der Waals surface area contributed by atoms with Crippen molar-refractivity contribution >= 4 is 11.6 Å². The normalized spacial score (nSPS) is 20.3. The number of nitrogens with zero attached hydrogens (tertiary/aromatic N) is 2. The molecule has 1 aliphatic rings. The van der Waals surface area contributed by atoms with Gasteiger partial charge in [0.05, 0.1) is 11.9 Å². The first-order valence-electron chi connectivity index (χ1n) is 7.88. The average molecular weight is 313 g/mol. The first-order chi connectivity index (χ1) is 10.8. The van der Waals surface area contributed by atoms with E-state index in [-0.39, 0.29) is 28.9 Å². The topological polar surface area (TPSA) is 67.2 Å². The van der Waals surface area contributed by atoms with Crippen molar-refractivity contribution in [1.29, 1.82) is 0 Å². The molecule has 1 amide bonds. The number of aromatic nitrogens is 2. The van der Waals surface area contributed by atoms with E-state index in [1.807, 2.05) is 31.6 Å². The monoisotopic (exact) mass is 313 g/mol. The number of hydrogen-bond donors (Lipinski definition) is 2. The summed E-state index contributed by atoms with van der Waals surface area (Å²) in [6, 6.07) is 5.39. The standard InChI is InChI=1S/C18H23N3O2/c1-18(2,3)12-5-6-16(22)15(7-12)20-17(23)14-8-13(14)11-9-19-21(4)10-11/h5-7,9-10,13-14,22H,8H2,1-4H3,(H,20,23)/t13-,14+/m1/s1. The lowest BCUT2D eigenvalue weighted by Crippen LogP contribution is -2.16. The Balaban J connectivity index is 1.72. The molecule has 0 aliphatic heterocycles. The van der Waals surface area contributed by atoms with Gasteiger partial charge in [0.1, 0.15) is 5.75 Å². The third kappa shape index (κ3) is 3.23. The second-order valence-corrected chi connectivity index (χ2v) is 7.37. The van der Waals surface area contributed by atoms with Gasteiger partial charge >= 0.3 is 0 Å². The molecule has 1 heterocycles. The predicted octanol–water partition coefficient (Wildman–Crippen LogP) is 3.17. The number of carbonyl (C=O) groups excluding carboxylic acids is 1. The summed E-state index contributed by atoms with van der Waals surface area (Å²) in [5.41, 5.74) is 2.62. The van der Waals surface area contributed by atoms with Crippen molar-refractivity contribution in [2.24, 2.45) is 13.0 Å². The summed E-state index contributed by atoms with van der Waals surface area (Å²) in [7, 11) is 1.87. The molecule has 0 saturated heterocycles. The van der Waals surface area contributed by atoms with Crippen molar-refractivity contribution in [1.82, 2.24) is 9.78 Å². The van der Waals surface area contributed by atoms with Crippen LogP contribution in [0.4, 0.5) is 5.69 Å². The van der Waals surface area contributed by atoms with E-state index in [1.165, 1.54) is 0 Å². The molecule has 0 bridgehead atoms. The third-order valence-electron chi connectivity index (χ3n) is 4.40. The predicted molar refractivity (Wildman–Crippen MR) is 89.5 cm³/mol. The number of anilines is 1. The molecule has 0 spiro atoms. The van der Waals surface area contributed by atoms with E-state index in [0.29, 0.717) is 5.69 Å². The minimum absolute atomic E-state index is 0.0367. The van der Waals surface area contributed by atoms with Gasteiger partial charge in [0.25, 0.3) is 0 Å². The average Bonchev–Trinajstić information content (AvgIpc) is 3.15. The van der Waals surface area contributed by atoms with Crippen molar-refractivity contribution < 1.29 is 9.90 Å². The van der Waals surface area contributed by atoms with Crippen LogP contribution in [-0.2, 0) is 17.3 Å². The zero-order valence-electron chi connectivity index (χ0n) is 14.0. The van der Waals surface area contributed by atoms with Gasteiger partial charge in [-0.3, -0.25) is 9.48 Å². The molecule has 1 saturated carbocycles. The van der Waals surface area contributed by atoms with Crippen LogP contribution in [0.5, 0.6) is 5.75 Å². The zero-order valence-corrected chi connectivity index (χ0v) is 14.0. The van der Waals surface area contributed by atoms with Crippen molar-refractivity contribution in [2.45, 2.75) is 38.5 Å². The quantitative estimate of drug-likeness (QED) is 0.855. The molecular formula is C18H23N3O2. The lowest BCUT2D eigenvalue weighted by Gasteiger charge is -2.20. The molecule has 1 aromatic carbocycles. The fourth-order valence-electron chi connectivity index (χ4n) is 2.81. The van der Waals surface area contributed by atoms with Gasteiger partial charge in [-0.25, -0.2) is 0 Å². The largest absolute Gasteiger partial charge is 0.506 e. The van der Waals surface area contributed by atoms with Crippen LogP contribution in [0.25, 0.3) is 0 Å². The van der Waals surface area contributed by atoms with E-state index in [2.05, 4.69) is 31.2 Å². The highest BCUT2D eigenvalue weighted by molar-refractivity contribution is 5.96. The fraction of sp³-hybridized carbons (Fsp3) is 0.444. The Kier molecular flexibility index (Phi) is 3.66. The van der Waals surface area contributed by atoms with Crippen LogP contribution in [0.1, 0.15) is 44.2 Å². The number of nitrogens with one attached hydrogen (secondary N) is 1. The molecule has 2 aromatic rings. The molecule has 5 heteroatoms. The van der Waals surface area contributed by atoms with Crippen LogP contribution >= 0.6 is 0 Å². The number of aryl methyl sites for hydroxylation is 1. The van der Waals surface area contributed by atoms with Crippen molar-refractivity contribution in [3.8, 4) is 5.75 Å². The summed E-state index contributed by atoms with van der Waals surface area (Å²) < 4.78 is 1.75. The molecule has 0 radical (unpaired) electrons.